The standard InChI is InChI=1S/C21H26N2O4S/c1-4-26-16-9-11-17(12-10-16)27-14-13-22-21(25)18-7-5-6-8-19(18)28-15-20(24)23(2)3/h5-12H,4,13-15H2,1-3H3,(H,22,25). The molecule has 0 fully saturated rings. The van der Waals surface area contributed by atoms with Crippen LogP contribution in [0.4, 0.5) is 0 Å². The highest BCUT2D eigenvalue weighted by atomic mass is 32.2. The molecule has 0 saturated heterocycles. The Morgan fingerprint density at radius 1 is 1.00 bits per heavy atom. The number of carbonyl (C=O) groups is 2. The van der Waals surface area contributed by atoms with Gasteiger partial charge in [-0.3, -0.25) is 9.59 Å². The van der Waals surface area contributed by atoms with Crippen molar-refractivity contribution < 1.29 is 19.1 Å². The predicted octanol–water partition coefficient (Wildman–Crippen LogP) is 3.07. The first kappa shape index (κ1) is 21.6. The maximum atomic E-state index is 12.5. The van der Waals surface area contributed by atoms with E-state index < -0.39 is 0 Å². The van der Waals surface area contributed by atoms with E-state index in [1.807, 2.05) is 49.4 Å². The molecule has 0 aliphatic heterocycles. The van der Waals surface area contributed by atoms with E-state index in [2.05, 4.69) is 5.32 Å². The smallest absolute Gasteiger partial charge is 0.252 e. The van der Waals surface area contributed by atoms with Crippen LogP contribution in [-0.4, -0.2) is 56.3 Å². The predicted molar refractivity (Wildman–Crippen MR) is 111 cm³/mol. The van der Waals surface area contributed by atoms with Crippen LogP contribution in [0.2, 0.25) is 0 Å². The number of rotatable bonds is 10. The molecule has 2 amide bonds. The number of benzene rings is 2. The van der Waals surface area contributed by atoms with Gasteiger partial charge in [0.1, 0.15) is 18.1 Å². The van der Waals surface area contributed by atoms with Gasteiger partial charge >= 0.3 is 0 Å². The van der Waals surface area contributed by atoms with E-state index in [-0.39, 0.29) is 17.6 Å². The maximum Gasteiger partial charge on any atom is 0.252 e. The molecule has 0 heterocycles. The minimum Gasteiger partial charge on any atom is -0.494 e. The zero-order valence-electron chi connectivity index (χ0n) is 16.4. The van der Waals surface area contributed by atoms with E-state index in [0.29, 0.717) is 25.3 Å². The summed E-state index contributed by atoms with van der Waals surface area (Å²) in [5.41, 5.74) is 0.556. The van der Waals surface area contributed by atoms with Crippen LogP contribution >= 0.6 is 11.8 Å². The number of hydrogen-bond donors (Lipinski definition) is 1. The molecule has 0 aliphatic carbocycles. The van der Waals surface area contributed by atoms with Gasteiger partial charge in [0.2, 0.25) is 5.91 Å². The molecule has 0 aromatic heterocycles. The largest absolute Gasteiger partial charge is 0.494 e. The van der Waals surface area contributed by atoms with Crippen molar-refractivity contribution >= 4 is 23.6 Å². The van der Waals surface area contributed by atoms with Crippen molar-refractivity contribution in [3.8, 4) is 11.5 Å². The molecule has 2 aromatic rings. The molecule has 0 aliphatic rings. The summed E-state index contributed by atoms with van der Waals surface area (Å²) in [5, 5.41) is 2.85. The Kier molecular flexibility index (Phi) is 8.68. The highest BCUT2D eigenvalue weighted by molar-refractivity contribution is 8.00. The molecule has 150 valence electrons. The molecule has 0 bridgehead atoms. The summed E-state index contributed by atoms with van der Waals surface area (Å²) in [6.45, 7) is 3.29. The van der Waals surface area contributed by atoms with Crippen molar-refractivity contribution in [2.24, 2.45) is 0 Å². The Morgan fingerprint density at radius 3 is 2.29 bits per heavy atom. The molecule has 0 atom stereocenters. The van der Waals surface area contributed by atoms with Crippen LogP contribution in [0.5, 0.6) is 11.5 Å². The SMILES string of the molecule is CCOc1ccc(OCCNC(=O)c2ccccc2SCC(=O)N(C)C)cc1. The molecule has 0 unspecified atom stereocenters. The molecule has 0 saturated carbocycles. The van der Waals surface area contributed by atoms with Crippen LogP contribution in [0.1, 0.15) is 17.3 Å². The second-order valence-electron chi connectivity index (χ2n) is 6.08. The Morgan fingerprint density at radius 2 is 1.64 bits per heavy atom. The lowest BCUT2D eigenvalue weighted by molar-refractivity contribution is -0.125. The highest BCUT2D eigenvalue weighted by Gasteiger charge is 2.13. The van der Waals surface area contributed by atoms with E-state index in [9.17, 15) is 9.59 Å². The number of amides is 2. The number of thioether (sulfide) groups is 1. The minimum absolute atomic E-state index is 0.00367. The summed E-state index contributed by atoms with van der Waals surface area (Å²) in [5.74, 6) is 1.62. The van der Waals surface area contributed by atoms with E-state index in [1.54, 1.807) is 20.2 Å². The van der Waals surface area contributed by atoms with Crippen LogP contribution < -0.4 is 14.8 Å². The maximum absolute atomic E-state index is 12.5. The van der Waals surface area contributed by atoms with Gasteiger partial charge in [0.05, 0.1) is 24.5 Å². The van der Waals surface area contributed by atoms with Gasteiger partial charge in [-0.1, -0.05) is 12.1 Å². The fourth-order valence-electron chi connectivity index (χ4n) is 2.28. The lowest BCUT2D eigenvalue weighted by atomic mass is 10.2. The van der Waals surface area contributed by atoms with Crippen molar-refractivity contribution in [2.45, 2.75) is 11.8 Å². The third-order valence-corrected chi connectivity index (χ3v) is 4.83. The van der Waals surface area contributed by atoms with Crippen LogP contribution in [0.3, 0.4) is 0 Å². The van der Waals surface area contributed by atoms with Crippen LogP contribution in [0.15, 0.2) is 53.4 Å². The van der Waals surface area contributed by atoms with Crippen LogP contribution in [0, 0.1) is 0 Å². The van der Waals surface area contributed by atoms with E-state index in [0.717, 1.165) is 16.4 Å². The van der Waals surface area contributed by atoms with Gasteiger partial charge in [-0.05, 0) is 43.3 Å². The number of ether oxygens (including phenoxy) is 2. The van der Waals surface area contributed by atoms with Gasteiger partial charge in [-0.2, -0.15) is 0 Å². The number of nitrogens with one attached hydrogen (secondary N) is 1. The lowest BCUT2D eigenvalue weighted by Crippen LogP contribution is -2.28. The first-order chi connectivity index (χ1) is 13.5. The third-order valence-electron chi connectivity index (χ3n) is 3.77. The van der Waals surface area contributed by atoms with E-state index in [1.165, 1.54) is 16.7 Å². The molecule has 28 heavy (non-hydrogen) atoms. The first-order valence-corrected chi connectivity index (χ1v) is 10.1. The van der Waals surface area contributed by atoms with Gasteiger partial charge in [0.15, 0.2) is 0 Å². The molecule has 2 aromatic carbocycles. The Hall–Kier alpha value is -2.67. The van der Waals surface area contributed by atoms with Crippen LogP contribution in [0.25, 0.3) is 0 Å². The van der Waals surface area contributed by atoms with Crippen molar-refractivity contribution in [3.63, 3.8) is 0 Å². The van der Waals surface area contributed by atoms with Gasteiger partial charge in [0, 0.05) is 19.0 Å². The molecule has 6 nitrogen and oxygen atoms in total. The third kappa shape index (κ3) is 6.81. The van der Waals surface area contributed by atoms with Gasteiger partial charge in [0.25, 0.3) is 5.91 Å². The summed E-state index contributed by atoms with van der Waals surface area (Å²) < 4.78 is 11.0. The van der Waals surface area contributed by atoms with Gasteiger partial charge < -0.3 is 19.7 Å². The summed E-state index contributed by atoms with van der Waals surface area (Å²) in [7, 11) is 3.43. The minimum atomic E-state index is -0.185. The van der Waals surface area contributed by atoms with Gasteiger partial charge in [-0.15, -0.1) is 11.8 Å². The summed E-state index contributed by atoms with van der Waals surface area (Å²) in [4.78, 5) is 26.6. The van der Waals surface area contributed by atoms with Crippen molar-refractivity contribution in [1.29, 1.82) is 0 Å². The summed E-state index contributed by atoms with van der Waals surface area (Å²) in [6, 6.07) is 14.6. The Bertz CT molecular complexity index is 778. The first-order valence-electron chi connectivity index (χ1n) is 9.07. The molecule has 7 heteroatoms. The molecular formula is C21H26N2O4S. The normalized spacial score (nSPS) is 10.2. The number of hydrogen-bond acceptors (Lipinski definition) is 5. The molecule has 0 radical (unpaired) electrons. The number of nitrogens with zero attached hydrogens (tertiary/aromatic N) is 1. The van der Waals surface area contributed by atoms with Gasteiger partial charge in [-0.25, -0.2) is 0 Å². The Balaban J connectivity index is 1.82. The number of carbonyl (C=O) groups excluding carboxylic acids is 2. The summed E-state index contributed by atoms with van der Waals surface area (Å²) >= 11 is 1.36. The lowest BCUT2D eigenvalue weighted by Gasteiger charge is -2.12. The molecule has 2 rings (SSSR count). The second kappa shape index (κ2) is 11.2. The fraction of sp³-hybridized carbons (Fsp3) is 0.333. The molecular weight excluding hydrogens is 376 g/mol. The summed E-state index contributed by atoms with van der Waals surface area (Å²) in [6.07, 6.45) is 0. The van der Waals surface area contributed by atoms with Crippen molar-refractivity contribution in [2.75, 3.05) is 39.6 Å². The molecule has 0 spiro atoms. The van der Waals surface area contributed by atoms with Crippen molar-refractivity contribution in [1.82, 2.24) is 10.2 Å². The zero-order chi connectivity index (χ0) is 20.4. The fourth-order valence-corrected chi connectivity index (χ4v) is 3.30. The zero-order valence-corrected chi connectivity index (χ0v) is 17.3. The second-order valence-corrected chi connectivity index (χ2v) is 7.10. The quantitative estimate of drug-likeness (QED) is 0.489. The average molecular weight is 403 g/mol. The van der Waals surface area contributed by atoms with E-state index in [4.69, 9.17) is 9.47 Å². The highest BCUT2D eigenvalue weighted by Crippen LogP contribution is 2.23. The van der Waals surface area contributed by atoms with Crippen molar-refractivity contribution in [3.05, 3.63) is 54.1 Å². The monoisotopic (exact) mass is 402 g/mol. The van der Waals surface area contributed by atoms with Crippen LogP contribution in [-0.2, 0) is 4.79 Å². The van der Waals surface area contributed by atoms with E-state index >= 15 is 0 Å². The average Bonchev–Trinajstić information content (AvgIpc) is 2.70. The Labute approximate surface area is 170 Å². The topological polar surface area (TPSA) is 67.9 Å². The molecule has 1 N–H and O–H groups in total.